The first-order valence-corrected chi connectivity index (χ1v) is 10.5. The zero-order valence-electron chi connectivity index (χ0n) is 15.5. The summed E-state index contributed by atoms with van der Waals surface area (Å²) in [6.07, 6.45) is 2.63. The molecule has 0 bridgehead atoms. The second-order valence-electron chi connectivity index (χ2n) is 6.96. The second-order valence-corrected chi connectivity index (χ2v) is 8.29. The van der Waals surface area contributed by atoms with E-state index >= 15 is 0 Å². The Labute approximate surface area is 161 Å². The van der Waals surface area contributed by atoms with Gasteiger partial charge in [-0.25, -0.2) is 0 Å². The zero-order chi connectivity index (χ0) is 18.2. The van der Waals surface area contributed by atoms with E-state index in [4.69, 9.17) is 0 Å². The average Bonchev–Trinajstić information content (AvgIpc) is 3.18. The molecule has 2 aromatic rings. The molecule has 0 radical (unpaired) electrons. The molecule has 26 heavy (non-hydrogen) atoms. The first-order valence-electron chi connectivity index (χ1n) is 9.44. The van der Waals surface area contributed by atoms with Gasteiger partial charge in [0.1, 0.15) is 0 Å². The number of likely N-dealkylation sites (tertiary alicyclic amines) is 1. The van der Waals surface area contributed by atoms with Gasteiger partial charge in [-0.15, -0.1) is 11.8 Å². The molecule has 3 nitrogen and oxygen atoms in total. The number of amides is 1. The highest BCUT2D eigenvalue weighted by Crippen LogP contribution is 2.18. The molecule has 1 atom stereocenters. The monoisotopic (exact) mass is 368 g/mol. The van der Waals surface area contributed by atoms with Crippen LogP contribution in [0.25, 0.3) is 0 Å². The van der Waals surface area contributed by atoms with Crippen LogP contribution < -0.4 is 5.32 Å². The zero-order valence-corrected chi connectivity index (χ0v) is 16.3. The van der Waals surface area contributed by atoms with Gasteiger partial charge in [-0.1, -0.05) is 54.6 Å². The standard InChI is InChI=1S/C22H28N2OS/c1-18(26-17-19-8-3-2-4-9-19)22(25)23-15-20-10-7-11-21(14-20)16-24-12-5-6-13-24/h2-4,7-11,14,18H,5-6,12-13,15-17H2,1H3,(H,23,25). The summed E-state index contributed by atoms with van der Waals surface area (Å²) in [4.78, 5) is 14.9. The average molecular weight is 369 g/mol. The van der Waals surface area contributed by atoms with Crippen LogP contribution in [0.3, 0.4) is 0 Å². The van der Waals surface area contributed by atoms with Crippen LogP contribution in [0.5, 0.6) is 0 Å². The van der Waals surface area contributed by atoms with Crippen LogP contribution in [-0.4, -0.2) is 29.1 Å². The number of nitrogens with one attached hydrogen (secondary N) is 1. The molecule has 4 heteroatoms. The maximum Gasteiger partial charge on any atom is 0.233 e. The number of hydrogen-bond donors (Lipinski definition) is 1. The quantitative estimate of drug-likeness (QED) is 0.757. The maximum atomic E-state index is 12.4. The Morgan fingerprint density at radius 1 is 1.04 bits per heavy atom. The van der Waals surface area contributed by atoms with E-state index in [1.807, 2.05) is 25.1 Å². The van der Waals surface area contributed by atoms with Crippen LogP contribution in [-0.2, 0) is 23.6 Å². The SMILES string of the molecule is CC(SCc1ccccc1)C(=O)NCc1cccc(CN2CCCC2)c1. The van der Waals surface area contributed by atoms with Crippen LogP contribution in [0.1, 0.15) is 36.5 Å². The fraction of sp³-hybridized carbons (Fsp3) is 0.409. The van der Waals surface area contributed by atoms with Gasteiger partial charge in [-0.05, 0) is 49.5 Å². The largest absolute Gasteiger partial charge is 0.351 e. The summed E-state index contributed by atoms with van der Waals surface area (Å²) in [6, 6.07) is 18.9. The van der Waals surface area contributed by atoms with Crippen LogP contribution in [0.15, 0.2) is 54.6 Å². The van der Waals surface area contributed by atoms with Crippen LogP contribution in [0, 0.1) is 0 Å². The number of rotatable bonds is 8. The number of carbonyl (C=O) groups excluding carboxylic acids is 1. The molecule has 138 valence electrons. The Morgan fingerprint density at radius 2 is 1.73 bits per heavy atom. The molecular formula is C22H28N2OS. The third kappa shape index (κ3) is 5.89. The maximum absolute atomic E-state index is 12.4. The van der Waals surface area contributed by atoms with Crippen molar-refractivity contribution < 1.29 is 4.79 Å². The Kier molecular flexibility index (Phi) is 7.15. The minimum absolute atomic E-state index is 0.0528. The minimum Gasteiger partial charge on any atom is -0.351 e. The van der Waals surface area contributed by atoms with Crippen LogP contribution in [0.2, 0.25) is 0 Å². The van der Waals surface area contributed by atoms with Crippen molar-refractivity contribution in [2.45, 2.75) is 43.9 Å². The first kappa shape index (κ1) is 19.0. The first-order chi connectivity index (χ1) is 12.7. The summed E-state index contributed by atoms with van der Waals surface area (Å²) < 4.78 is 0. The van der Waals surface area contributed by atoms with Crippen molar-refractivity contribution in [1.82, 2.24) is 10.2 Å². The van der Waals surface area contributed by atoms with Crippen molar-refractivity contribution >= 4 is 17.7 Å². The van der Waals surface area contributed by atoms with E-state index in [1.54, 1.807) is 11.8 Å². The topological polar surface area (TPSA) is 32.3 Å². The summed E-state index contributed by atoms with van der Waals surface area (Å²) in [5.41, 5.74) is 3.77. The van der Waals surface area contributed by atoms with Crippen molar-refractivity contribution in [3.63, 3.8) is 0 Å². The van der Waals surface area contributed by atoms with Crippen molar-refractivity contribution in [1.29, 1.82) is 0 Å². The van der Waals surface area contributed by atoms with Crippen molar-refractivity contribution in [3.8, 4) is 0 Å². The Bertz CT molecular complexity index is 698. The summed E-state index contributed by atoms with van der Waals surface area (Å²) >= 11 is 1.68. The third-order valence-electron chi connectivity index (χ3n) is 4.78. The predicted octanol–water partition coefficient (Wildman–Crippen LogP) is 4.22. The van der Waals surface area contributed by atoms with E-state index in [0.717, 1.165) is 12.3 Å². The van der Waals surface area contributed by atoms with Crippen LogP contribution in [0.4, 0.5) is 0 Å². The number of nitrogens with zero attached hydrogens (tertiary/aromatic N) is 1. The van der Waals surface area contributed by atoms with Gasteiger partial charge >= 0.3 is 0 Å². The highest BCUT2D eigenvalue weighted by atomic mass is 32.2. The van der Waals surface area contributed by atoms with E-state index in [-0.39, 0.29) is 11.2 Å². The summed E-state index contributed by atoms with van der Waals surface area (Å²) in [5, 5.41) is 3.03. The smallest absolute Gasteiger partial charge is 0.233 e. The lowest BCUT2D eigenvalue weighted by molar-refractivity contribution is -0.120. The predicted molar refractivity (Wildman–Crippen MR) is 110 cm³/mol. The van der Waals surface area contributed by atoms with Crippen molar-refractivity contribution in [2.75, 3.05) is 13.1 Å². The lowest BCUT2D eigenvalue weighted by Gasteiger charge is -2.16. The molecule has 1 fully saturated rings. The minimum atomic E-state index is -0.0528. The van der Waals surface area contributed by atoms with Gasteiger partial charge in [0, 0.05) is 18.8 Å². The number of thioether (sulfide) groups is 1. The lowest BCUT2D eigenvalue weighted by Crippen LogP contribution is -2.30. The molecule has 1 unspecified atom stereocenters. The molecule has 1 saturated heterocycles. The van der Waals surface area contributed by atoms with E-state index in [1.165, 1.54) is 42.6 Å². The second kappa shape index (κ2) is 9.79. The Hall–Kier alpha value is -1.78. The molecule has 3 rings (SSSR count). The van der Waals surface area contributed by atoms with Gasteiger partial charge in [-0.2, -0.15) is 0 Å². The van der Waals surface area contributed by atoms with Gasteiger partial charge in [0.15, 0.2) is 0 Å². The third-order valence-corrected chi connectivity index (χ3v) is 5.99. The fourth-order valence-corrected chi connectivity index (χ4v) is 4.11. The Morgan fingerprint density at radius 3 is 2.50 bits per heavy atom. The molecule has 0 spiro atoms. The molecule has 0 aliphatic carbocycles. The van der Waals surface area contributed by atoms with Gasteiger partial charge in [0.2, 0.25) is 5.91 Å². The molecule has 1 aliphatic heterocycles. The van der Waals surface area contributed by atoms with E-state index in [0.29, 0.717) is 6.54 Å². The van der Waals surface area contributed by atoms with Gasteiger partial charge < -0.3 is 5.32 Å². The highest BCUT2D eigenvalue weighted by Gasteiger charge is 2.14. The molecule has 1 amide bonds. The van der Waals surface area contributed by atoms with Gasteiger partial charge in [-0.3, -0.25) is 9.69 Å². The molecule has 0 saturated carbocycles. The van der Waals surface area contributed by atoms with E-state index in [2.05, 4.69) is 46.6 Å². The summed E-state index contributed by atoms with van der Waals surface area (Å²) in [5.74, 6) is 0.969. The molecule has 1 aliphatic rings. The van der Waals surface area contributed by atoms with Crippen molar-refractivity contribution in [3.05, 3.63) is 71.3 Å². The molecular weight excluding hydrogens is 340 g/mol. The van der Waals surface area contributed by atoms with Gasteiger partial charge in [0.05, 0.1) is 5.25 Å². The molecule has 1 heterocycles. The summed E-state index contributed by atoms with van der Waals surface area (Å²) in [7, 11) is 0. The van der Waals surface area contributed by atoms with E-state index in [9.17, 15) is 4.79 Å². The number of carbonyl (C=O) groups is 1. The fourth-order valence-electron chi connectivity index (χ4n) is 3.24. The van der Waals surface area contributed by atoms with E-state index < -0.39 is 0 Å². The molecule has 1 N–H and O–H groups in total. The van der Waals surface area contributed by atoms with Crippen molar-refractivity contribution in [2.24, 2.45) is 0 Å². The van der Waals surface area contributed by atoms with Gasteiger partial charge in [0.25, 0.3) is 0 Å². The number of benzene rings is 2. The lowest BCUT2D eigenvalue weighted by atomic mass is 10.1. The highest BCUT2D eigenvalue weighted by molar-refractivity contribution is 7.99. The van der Waals surface area contributed by atoms with Crippen LogP contribution >= 0.6 is 11.8 Å². The number of hydrogen-bond acceptors (Lipinski definition) is 3. The normalized spacial score (nSPS) is 15.7. The summed E-state index contributed by atoms with van der Waals surface area (Å²) in [6.45, 7) is 6.01. The molecule has 0 aromatic heterocycles. The molecule has 2 aromatic carbocycles. The Balaban J connectivity index is 1.44.